The number of sulfonamides is 1. The monoisotopic (exact) mass is 269 g/mol. The summed E-state index contributed by atoms with van der Waals surface area (Å²) in [5, 5.41) is 8.87. The highest BCUT2D eigenvalue weighted by Crippen LogP contribution is 2.24. The number of aliphatic carboxylic acids is 1. The molecule has 6 nitrogen and oxygen atoms in total. The second-order valence-corrected chi connectivity index (χ2v) is 6.29. The Bertz CT molecular complexity index is 342. The van der Waals surface area contributed by atoms with Gasteiger partial charge in [0, 0.05) is 12.4 Å². The van der Waals surface area contributed by atoms with Crippen LogP contribution in [0.4, 0.5) is 0 Å². The Morgan fingerprint density at radius 3 is 2.88 bits per heavy atom. The molecule has 1 heterocycles. The SMILES string of the molecule is CCOCCS(=O)(=O)N1CSC[C@H]1C(=O)O. The van der Waals surface area contributed by atoms with Crippen molar-refractivity contribution in [2.75, 3.05) is 30.6 Å². The quantitative estimate of drug-likeness (QED) is 0.673. The topological polar surface area (TPSA) is 83.9 Å². The molecule has 16 heavy (non-hydrogen) atoms. The van der Waals surface area contributed by atoms with Gasteiger partial charge >= 0.3 is 5.97 Å². The zero-order valence-corrected chi connectivity index (χ0v) is 10.6. The number of nitrogens with zero attached hydrogens (tertiary/aromatic N) is 1. The van der Waals surface area contributed by atoms with E-state index in [1.54, 1.807) is 6.92 Å². The third kappa shape index (κ3) is 3.34. The molecule has 0 aliphatic carbocycles. The first kappa shape index (κ1) is 13.8. The van der Waals surface area contributed by atoms with E-state index in [0.717, 1.165) is 4.31 Å². The summed E-state index contributed by atoms with van der Waals surface area (Å²) in [5.74, 6) is -0.732. The Balaban J connectivity index is 2.63. The van der Waals surface area contributed by atoms with Crippen LogP contribution < -0.4 is 0 Å². The molecule has 1 aliphatic heterocycles. The number of thioether (sulfide) groups is 1. The first-order valence-corrected chi connectivity index (χ1v) is 7.63. The van der Waals surface area contributed by atoms with Gasteiger partial charge in [-0.1, -0.05) is 0 Å². The molecule has 1 N–H and O–H groups in total. The van der Waals surface area contributed by atoms with Crippen molar-refractivity contribution in [2.45, 2.75) is 13.0 Å². The molecule has 0 bridgehead atoms. The highest BCUT2D eigenvalue weighted by molar-refractivity contribution is 8.00. The predicted octanol–water partition coefficient (Wildman–Crippen LogP) is -0.188. The van der Waals surface area contributed by atoms with Crippen LogP contribution in [0.3, 0.4) is 0 Å². The molecule has 0 aromatic rings. The summed E-state index contributed by atoms with van der Waals surface area (Å²) in [5.41, 5.74) is 0. The van der Waals surface area contributed by atoms with Crippen molar-refractivity contribution in [1.82, 2.24) is 4.31 Å². The van der Waals surface area contributed by atoms with Crippen molar-refractivity contribution in [3.63, 3.8) is 0 Å². The lowest BCUT2D eigenvalue weighted by atomic mass is 10.4. The molecule has 94 valence electrons. The van der Waals surface area contributed by atoms with Gasteiger partial charge in [0.25, 0.3) is 0 Å². The van der Waals surface area contributed by atoms with Gasteiger partial charge in [0.1, 0.15) is 6.04 Å². The standard InChI is InChI=1S/C8H15NO5S2/c1-2-14-3-4-16(12,13)9-6-15-5-7(9)8(10)11/h7H,2-6H2,1H3,(H,10,11)/t7-/m0/s1. The van der Waals surface area contributed by atoms with Crippen LogP contribution in [0.5, 0.6) is 0 Å². The van der Waals surface area contributed by atoms with Crippen LogP contribution in [-0.4, -0.2) is 60.4 Å². The normalized spacial score (nSPS) is 22.4. The average Bonchev–Trinajstić information content (AvgIpc) is 2.66. The van der Waals surface area contributed by atoms with E-state index >= 15 is 0 Å². The van der Waals surface area contributed by atoms with Gasteiger partial charge < -0.3 is 9.84 Å². The van der Waals surface area contributed by atoms with E-state index in [9.17, 15) is 13.2 Å². The molecular formula is C8H15NO5S2. The summed E-state index contributed by atoms with van der Waals surface area (Å²) < 4.78 is 29.6. The minimum atomic E-state index is -3.52. The number of carbonyl (C=O) groups is 1. The Morgan fingerprint density at radius 1 is 1.62 bits per heavy atom. The Hall–Kier alpha value is -0.310. The minimum Gasteiger partial charge on any atom is -0.480 e. The van der Waals surface area contributed by atoms with Crippen LogP contribution in [0.2, 0.25) is 0 Å². The van der Waals surface area contributed by atoms with Crippen LogP contribution in [0.15, 0.2) is 0 Å². The summed E-state index contributed by atoms with van der Waals surface area (Å²) in [6.07, 6.45) is 0. The van der Waals surface area contributed by atoms with Crippen molar-refractivity contribution in [1.29, 1.82) is 0 Å². The molecule has 1 atom stereocenters. The fourth-order valence-corrected chi connectivity index (χ4v) is 4.41. The lowest BCUT2D eigenvalue weighted by Crippen LogP contribution is -2.43. The van der Waals surface area contributed by atoms with Crippen LogP contribution in [0.25, 0.3) is 0 Å². The summed E-state index contributed by atoms with van der Waals surface area (Å²) in [4.78, 5) is 10.8. The first-order chi connectivity index (χ1) is 7.49. The summed E-state index contributed by atoms with van der Waals surface area (Å²) in [7, 11) is -3.52. The molecule has 1 saturated heterocycles. The number of carboxylic acids is 1. The number of rotatable bonds is 6. The van der Waals surface area contributed by atoms with Crippen LogP contribution >= 0.6 is 11.8 Å². The number of carboxylic acid groups (broad SMARTS) is 1. The third-order valence-corrected chi connectivity index (χ3v) is 5.13. The molecule has 0 spiro atoms. The first-order valence-electron chi connectivity index (χ1n) is 4.87. The second-order valence-electron chi connectivity index (χ2n) is 3.25. The Morgan fingerprint density at radius 2 is 2.31 bits per heavy atom. The van der Waals surface area contributed by atoms with E-state index in [0.29, 0.717) is 12.4 Å². The van der Waals surface area contributed by atoms with Crippen molar-refractivity contribution < 1.29 is 23.1 Å². The predicted molar refractivity (Wildman–Crippen MR) is 60.9 cm³/mol. The van der Waals surface area contributed by atoms with Gasteiger partial charge in [-0.05, 0) is 6.92 Å². The minimum absolute atomic E-state index is 0.104. The van der Waals surface area contributed by atoms with Crippen molar-refractivity contribution in [2.24, 2.45) is 0 Å². The third-order valence-electron chi connectivity index (χ3n) is 2.17. The fraction of sp³-hybridized carbons (Fsp3) is 0.875. The van der Waals surface area contributed by atoms with Crippen molar-refractivity contribution >= 4 is 27.8 Å². The highest BCUT2D eigenvalue weighted by Gasteiger charge is 2.38. The van der Waals surface area contributed by atoms with Gasteiger partial charge in [0.15, 0.2) is 0 Å². The van der Waals surface area contributed by atoms with Gasteiger partial charge in [-0.2, -0.15) is 4.31 Å². The smallest absolute Gasteiger partial charge is 0.322 e. The molecule has 1 rings (SSSR count). The maximum absolute atomic E-state index is 11.8. The Kier molecular flexibility index (Phi) is 5.03. The van der Waals surface area contributed by atoms with E-state index in [1.807, 2.05) is 0 Å². The van der Waals surface area contributed by atoms with Crippen molar-refractivity contribution in [3.8, 4) is 0 Å². The summed E-state index contributed by atoms with van der Waals surface area (Å²) >= 11 is 1.31. The molecule has 0 unspecified atom stereocenters. The molecule has 8 heteroatoms. The van der Waals surface area contributed by atoms with E-state index < -0.39 is 22.0 Å². The van der Waals surface area contributed by atoms with Gasteiger partial charge in [-0.25, -0.2) is 8.42 Å². The van der Waals surface area contributed by atoms with Gasteiger partial charge in [-0.3, -0.25) is 4.79 Å². The molecule has 0 aromatic heterocycles. The number of hydrogen-bond acceptors (Lipinski definition) is 5. The molecule has 1 fully saturated rings. The molecular weight excluding hydrogens is 254 g/mol. The lowest BCUT2D eigenvalue weighted by Gasteiger charge is -2.19. The highest BCUT2D eigenvalue weighted by atomic mass is 32.2. The van der Waals surface area contributed by atoms with Crippen LogP contribution in [-0.2, 0) is 19.6 Å². The largest absolute Gasteiger partial charge is 0.480 e. The number of ether oxygens (including phenoxy) is 1. The maximum Gasteiger partial charge on any atom is 0.322 e. The second kappa shape index (κ2) is 5.85. The Labute approximate surface area is 99.0 Å². The van der Waals surface area contributed by atoms with Crippen LogP contribution in [0.1, 0.15) is 6.92 Å². The fourth-order valence-electron chi connectivity index (χ4n) is 1.32. The lowest BCUT2D eigenvalue weighted by molar-refractivity contribution is -0.140. The van der Waals surface area contributed by atoms with E-state index in [-0.39, 0.29) is 18.2 Å². The molecule has 0 aromatic carbocycles. The van der Waals surface area contributed by atoms with E-state index in [4.69, 9.17) is 9.84 Å². The summed E-state index contributed by atoms with van der Waals surface area (Å²) in [6, 6.07) is -0.934. The molecule has 0 saturated carbocycles. The van der Waals surface area contributed by atoms with E-state index in [1.165, 1.54) is 11.8 Å². The zero-order chi connectivity index (χ0) is 12.2. The molecule has 1 aliphatic rings. The maximum atomic E-state index is 11.8. The molecule has 0 amide bonds. The van der Waals surface area contributed by atoms with Crippen molar-refractivity contribution in [3.05, 3.63) is 0 Å². The number of hydrogen-bond donors (Lipinski definition) is 1. The average molecular weight is 269 g/mol. The van der Waals surface area contributed by atoms with Gasteiger partial charge in [-0.15, -0.1) is 11.8 Å². The van der Waals surface area contributed by atoms with E-state index in [2.05, 4.69) is 0 Å². The molecule has 0 radical (unpaired) electrons. The summed E-state index contributed by atoms with van der Waals surface area (Å²) in [6.45, 7) is 2.33. The zero-order valence-electron chi connectivity index (χ0n) is 8.96. The van der Waals surface area contributed by atoms with Gasteiger partial charge in [0.2, 0.25) is 10.0 Å². The van der Waals surface area contributed by atoms with Crippen LogP contribution in [0, 0.1) is 0 Å². The van der Waals surface area contributed by atoms with Gasteiger partial charge in [0.05, 0.1) is 18.2 Å².